The van der Waals surface area contributed by atoms with Crippen LogP contribution in [0.3, 0.4) is 0 Å². The van der Waals surface area contributed by atoms with Crippen LogP contribution in [0.4, 0.5) is 5.69 Å². The Morgan fingerprint density at radius 3 is 2.59 bits per heavy atom. The summed E-state index contributed by atoms with van der Waals surface area (Å²) in [5, 5.41) is 24.5. The number of hydrogen-bond acceptors (Lipinski definition) is 5. The van der Waals surface area contributed by atoms with E-state index in [1.165, 1.54) is 24.2 Å². The molecule has 0 spiro atoms. The van der Waals surface area contributed by atoms with Gasteiger partial charge in [0, 0.05) is 36.6 Å². The van der Waals surface area contributed by atoms with Gasteiger partial charge in [0.05, 0.1) is 5.56 Å². The van der Waals surface area contributed by atoms with Crippen molar-refractivity contribution in [2.75, 3.05) is 18.9 Å². The van der Waals surface area contributed by atoms with E-state index in [0.717, 1.165) is 5.39 Å². The van der Waals surface area contributed by atoms with E-state index in [9.17, 15) is 24.6 Å². The number of nitrogens with zero attached hydrogens (tertiary/aromatic N) is 2. The first-order chi connectivity index (χ1) is 16.2. The summed E-state index contributed by atoms with van der Waals surface area (Å²) in [6.45, 7) is 2.11. The fraction of sp³-hybridized carbons (Fsp3) is 0.217. The average Bonchev–Trinajstić information content (AvgIpc) is 3.43. The molecule has 2 aromatic carbocycles. The maximum absolute atomic E-state index is 12.9. The third kappa shape index (κ3) is 3.76. The summed E-state index contributed by atoms with van der Waals surface area (Å²) >= 11 is 0. The second kappa shape index (κ2) is 8.43. The molecule has 2 heterocycles. The number of hydrazine groups is 1. The fourth-order valence-corrected chi connectivity index (χ4v) is 4.10. The molecule has 1 aliphatic rings. The molecule has 7 N–H and O–H groups in total. The lowest BCUT2D eigenvalue weighted by Crippen LogP contribution is -2.49. The van der Waals surface area contributed by atoms with Gasteiger partial charge in [0.2, 0.25) is 5.96 Å². The third-order valence-corrected chi connectivity index (χ3v) is 5.92. The summed E-state index contributed by atoms with van der Waals surface area (Å²) in [7, 11) is 1.50. The highest BCUT2D eigenvalue weighted by molar-refractivity contribution is 5.99. The molecule has 1 unspecified atom stereocenters. The SMILES string of the molecule is CCN(NC(N)=NC)C(=O)c1cc2ccc(C3(C(=O)O)Cc4cc(C(=O)O)ccc4N3)cc2[nH]1. The van der Waals surface area contributed by atoms with Crippen molar-refractivity contribution in [2.45, 2.75) is 18.9 Å². The van der Waals surface area contributed by atoms with Crippen molar-refractivity contribution < 1.29 is 24.6 Å². The van der Waals surface area contributed by atoms with E-state index in [4.69, 9.17) is 5.73 Å². The number of rotatable bonds is 5. The number of aromatic nitrogens is 1. The molecule has 176 valence electrons. The van der Waals surface area contributed by atoms with Crippen LogP contribution >= 0.6 is 0 Å². The number of carbonyl (C=O) groups is 3. The number of aromatic amines is 1. The van der Waals surface area contributed by atoms with Crippen molar-refractivity contribution >= 4 is 40.4 Å². The Kier molecular flexibility index (Phi) is 5.61. The molecular weight excluding hydrogens is 440 g/mol. The van der Waals surface area contributed by atoms with Crippen LogP contribution in [0.5, 0.6) is 0 Å². The molecule has 11 nitrogen and oxygen atoms in total. The van der Waals surface area contributed by atoms with Crippen molar-refractivity contribution in [2.24, 2.45) is 10.7 Å². The monoisotopic (exact) mass is 464 g/mol. The molecule has 3 aromatic rings. The molecule has 1 aliphatic heterocycles. The maximum atomic E-state index is 12.9. The standard InChI is InChI=1S/C23H24N6O5/c1-3-29(28-22(24)25-2)19(30)18-9-12-4-6-15(10-17(12)26-18)23(21(33)34)11-14-8-13(20(31)32)5-7-16(14)27-23/h4-10,26-27H,3,11H2,1-2H3,(H,31,32)(H,33,34)(H3,24,25,28). The summed E-state index contributed by atoms with van der Waals surface area (Å²) in [6.07, 6.45) is 0.0694. The summed E-state index contributed by atoms with van der Waals surface area (Å²) in [6, 6.07) is 11.3. The zero-order valence-electron chi connectivity index (χ0n) is 18.5. The summed E-state index contributed by atoms with van der Waals surface area (Å²) < 4.78 is 0. The minimum absolute atomic E-state index is 0.0694. The van der Waals surface area contributed by atoms with E-state index >= 15 is 0 Å². The number of benzene rings is 2. The van der Waals surface area contributed by atoms with Gasteiger partial charge in [0.25, 0.3) is 5.91 Å². The predicted molar refractivity (Wildman–Crippen MR) is 126 cm³/mol. The van der Waals surface area contributed by atoms with E-state index in [0.29, 0.717) is 34.6 Å². The van der Waals surface area contributed by atoms with E-state index in [-0.39, 0.29) is 23.9 Å². The number of carboxylic acids is 2. The molecule has 34 heavy (non-hydrogen) atoms. The lowest BCUT2D eigenvalue weighted by Gasteiger charge is -2.26. The zero-order valence-corrected chi connectivity index (χ0v) is 18.5. The number of anilines is 1. The molecule has 0 radical (unpaired) electrons. The summed E-state index contributed by atoms with van der Waals surface area (Å²) in [5.74, 6) is -2.44. The molecular formula is C23H24N6O5. The Labute approximate surface area is 194 Å². The Morgan fingerprint density at radius 1 is 1.18 bits per heavy atom. The molecule has 1 atom stereocenters. The minimum Gasteiger partial charge on any atom is -0.479 e. The van der Waals surface area contributed by atoms with Gasteiger partial charge in [-0.1, -0.05) is 12.1 Å². The highest BCUT2D eigenvalue weighted by atomic mass is 16.4. The van der Waals surface area contributed by atoms with Crippen molar-refractivity contribution in [1.29, 1.82) is 0 Å². The normalized spacial score (nSPS) is 17.2. The molecule has 0 bridgehead atoms. The van der Waals surface area contributed by atoms with E-state index in [1.807, 2.05) is 0 Å². The Hall–Kier alpha value is -4.54. The van der Waals surface area contributed by atoms with Gasteiger partial charge in [-0.15, -0.1) is 0 Å². The Morgan fingerprint density at radius 2 is 1.94 bits per heavy atom. The van der Waals surface area contributed by atoms with Crippen LogP contribution in [0.1, 0.15) is 38.9 Å². The number of nitrogens with two attached hydrogens (primary N) is 1. The van der Waals surface area contributed by atoms with Crippen LogP contribution < -0.4 is 16.5 Å². The van der Waals surface area contributed by atoms with Crippen LogP contribution in [-0.4, -0.2) is 57.6 Å². The molecule has 11 heteroatoms. The number of amides is 1. The van der Waals surface area contributed by atoms with Gasteiger partial charge in [-0.05, 0) is 48.4 Å². The smallest absolute Gasteiger partial charge is 0.335 e. The van der Waals surface area contributed by atoms with E-state index < -0.39 is 17.5 Å². The molecule has 0 aliphatic carbocycles. The van der Waals surface area contributed by atoms with Crippen molar-refractivity contribution in [3.05, 3.63) is 64.8 Å². The van der Waals surface area contributed by atoms with E-state index in [1.54, 1.807) is 37.3 Å². The molecule has 0 saturated carbocycles. The van der Waals surface area contributed by atoms with Crippen LogP contribution in [0.15, 0.2) is 47.5 Å². The van der Waals surface area contributed by atoms with Gasteiger partial charge in [0.15, 0.2) is 5.54 Å². The number of carboxylic acid groups (broad SMARTS) is 2. The number of nitrogens with one attached hydrogen (secondary N) is 3. The number of carbonyl (C=O) groups excluding carboxylic acids is 1. The predicted octanol–water partition coefficient (Wildman–Crippen LogP) is 1.73. The number of hydrogen-bond donors (Lipinski definition) is 6. The number of aliphatic carboxylic acids is 1. The van der Waals surface area contributed by atoms with Crippen LogP contribution in [0.25, 0.3) is 10.9 Å². The molecule has 0 fully saturated rings. The van der Waals surface area contributed by atoms with Gasteiger partial charge in [0.1, 0.15) is 5.69 Å². The minimum atomic E-state index is -1.48. The number of aromatic carboxylic acids is 1. The van der Waals surface area contributed by atoms with Crippen molar-refractivity contribution in [1.82, 2.24) is 15.4 Å². The first-order valence-corrected chi connectivity index (χ1v) is 10.5. The molecule has 1 aromatic heterocycles. The van der Waals surface area contributed by atoms with E-state index in [2.05, 4.69) is 20.7 Å². The fourth-order valence-electron chi connectivity index (χ4n) is 4.10. The molecule has 1 amide bonds. The lowest BCUT2D eigenvalue weighted by atomic mass is 9.86. The van der Waals surface area contributed by atoms with Gasteiger partial charge < -0.3 is 26.2 Å². The highest BCUT2D eigenvalue weighted by Crippen LogP contribution is 2.41. The average molecular weight is 464 g/mol. The maximum Gasteiger partial charge on any atom is 0.335 e. The number of H-pyrrole nitrogens is 1. The Bertz CT molecular complexity index is 1350. The second-order valence-corrected chi connectivity index (χ2v) is 7.94. The first kappa shape index (κ1) is 22.6. The van der Waals surface area contributed by atoms with Gasteiger partial charge >= 0.3 is 11.9 Å². The topological polar surface area (TPSA) is 173 Å². The number of guanidine groups is 1. The summed E-state index contributed by atoms with van der Waals surface area (Å²) in [5.41, 5.74) is 9.52. The number of aliphatic imine (C=N–C) groups is 1. The van der Waals surface area contributed by atoms with Crippen LogP contribution in [0.2, 0.25) is 0 Å². The third-order valence-electron chi connectivity index (χ3n) is 5.92. The number of fused-ring (bicyclic) bond motifs is 2. The van der Waals surface area contributed by atoms with Crippen molar-refractivity contribution in [3.63, 3.8) is 0 Å². The quantitative estimate of drug-likeness (QED) is 0.188. The van der Waals surface area contributed by atoms with Gasteiger partial charge in [-0.3, -0.25) is 15.2 Å². The Balaban J connectivity index is 1.69. The van der Waals surface area contributed by atoms with Gasteiger partial charge in [-0.25, -0.2) is 14.6 Å². The highest BCUT2D eigenvalue weighted by Gasteiger charge is 2.46. The second-order valence-electron chi connectivity index (χ2n) is 7.94. The van der Waals surface area contributed by atoms with Crippen LogP contribution in [0, 0.1) is 0 Å². The van der Waals surface area contributed by atoms with Gasteiger partial charge in [-0.2, -0.15) is 0 Å². The van der Waals surface area contributed by atoms with Crippen LogP contribution in [-0.2, 0) is 16.8 Å². The zero-order chi connectivity index (χ0) is 24.6. The lowest BCUT2D eigenvalue weighted by molar-refractivity contribution is -0.142. The largest absolute Gasteiger partial charge is 0.479 e. The first-order valence-electron chi connectivity index (χ1n) is 10.5. The summed E-state index contributed by atoms with van der Waals surface area (Å²) in [4.78, 5) is 43.5. The molecule has 4 rings (SSSR count). The molecule has 0 saturated heterocycles. The van der Waals surface area contributed by atoms with Crippen molar-refractivity contribution in [3.8, 4) is 0 Å².